The van der Waals surface area contributed by atoms with Crippen molar-refractivity contribution in [3.05, 3.63) is 0 Å². The largest absolute Gasteiger partial charge is 0.314 e. The fourth-order valence-electron chi connectivity index (χ4n) is 1.65. The fraction of sp³-hybridized carbons (Fsp3) is 0.818. The van der Waals surface area contributed by atoms with Crippen molar-refractivity contribution in [2.75, 3.05) is 19.6 Å². The van der Waals surface area contributed by atoms with Crippen LogP contribution in [0.2, 0.25) is 0 Å². The Morgan fingerprint density at radius 1 is 1.46 bits per heavy atom. The van der Waals surface area contributed by atoms with Crippen LogP contribution < -0.4 is 10.6 Å². The summed E-state index contributed by atoms with van der Waals surface area (Å²) in [6.45, 7) is 5.22. The van der Waals surface area contributed by atoms with Gasteiger partial charge in [-0.25, -0.2) is 0 Å². The van der Waals surface area contributed by atoms with Gasteiger partial charge in [0, 0.05) is 25.6 Å². The molecule has 0 aromatic rings. The predicted molar refractivity (Wildman–Crippen MR) is 56.6 cm³/mol. The highest BCUT2D eigenvalue weighted by molar-refractivity contribution is 4.95. The Balaban J connectivity index is 1.94. The Hall–Kier alpha value is -0.520. The summed E-state index contributed by atoms with van der Waals surface area (Å²) in [5.74, 6) is 5.95. The van der Waals surface area contributed by atoms with E-state index in [4.69, 9.17) is 0 Å². The second kappa shape index (κ2) is 6.94. The van der Waals surface area contributed by atoms with Gasteiger partial charge in [-0.05, 0) is 26.3 Å². The predicted octanol–water partition coefficient (Wildman–Crippen LogP) is 1.13. The summed E-state index contributed by atoms with van der Waals surface area (Å²) in [6, 6.07) is 0.698. The molecule has 0 bridgehead atoms. The third-order valence-corrected chi connectivity index (χ3v) is 2.41. The van der Waals surface area contributed by atoms with E-state index in [-0.39, 0.29) is 0 Å². The van der Waals surface area contributed by atoms with Crippen molar-refractivity contribution in [3.8, 4) is 11.8 Å². The van der Waals surface area contributed by atoms with Crippen LogP contribution in [-0.2, 0) is 0 Å². The van der Waals surface area contributed by atoms with Crippen molar-refractivity contribution in [2.24, 2.45) is 0 Å². The average Bonchev–Trinajstić information content (AvgIpc) is 2.19. The molecule has 1 unspecified atom stereocenters. The Kier molecular flexibility index (Phi) is 5.64. The molecule has 1 aliphatic heterocycles. The van der Waals surface area contributed by atoms with Gasteiger partial charge in [0.25, 0.3) is 0 Å². The fourth-order valence-corrected chi connectivity index (χ4v) is 1.65. The van der Waals surface area contributed by atoms with Crippen molar-refractivity contribution < 1.29 is 0 Å². The Morgan fingerprint density at radius 3 is 3.08 bits per heavy atom. The average molecular weight is 180 g/mol. The molecule has 1 fully saturated rings. The molecule has 13 heavy (non-hydrogen) atoms. The van der Waals surface area contributed by atoms with E-state index in [1.807, 2.05) is 6.92 Å². The van der Waals surface area contributed by atoms with E-state index in [0.717, 1.165) is 19.5 Å². The molecule has 0 radical (unpaired) electrons. The van der Waals surface area contributed by atoms with Gasteiger partial charge in [0.1, 0.15) is 0 Å². The van der Waals surface area contributed by atoms with Gasteiger partial charge in [0.2, 0.25) is 0 Å². The minimum atomic E-state index is 0.698. The third kappa shape index (κ3) is 4.92. The highest BCUT2D eigenvalue weighted by Gasteiger charge is 2.10. The molecule has 1 rings (SSSR count). The van der Waals surface area contributed by atoms with Gasteiger partial charge >= 0.3 is 0 Å². The molecule has 74 valence electrons. The molecule has 1 atom stereocenters. The summed E-state index contributed by atoms with van der Waals surface area (Å²) in [4.78, 5) is 0. The van der Waals surface area contributed by atoms with Gasteiger partial charge in [-0.3, -0.25) is 0 Å². The lowest BCUT2D eigenvalue weighted by Gasteiger charge is -2.23. The first-order valence-corrected chi connectivity index (χ1v) is 5.27. The van der Waals surface area contributed by atoms with Gasteiger partial charge < -0.3 is 10.6 Å². The Bertz CT molecular complexity index is 172. The lowest BCUT2D eigenvalue weighted by molar-refractivity contribution is 0.385. The molecule has 2 nitrogen and oxygen atoms in total. The topological polar surface area (TPSA) is 24.1 Å². The second-order valence-electron chi connectivity index (χ2n) is 3.53. The summed E-state index contributed by atoms with van der Waals surface area (Å²) in [5, 5.41) is 6.94. The first-order chi connectivity index (χ1) is 6.43. The number of hydrogen-bond donors (Lipinski definition) is 2. The van der Waals surface area contributed by atoms with Crippen molar-refractivity contribution in [3.63, 3.8) is 0 Å². The number of nitrogens with one attached hydrogen (secondary N) is 2. The highest BCUT2D eigenvalue weighted by Crippen LogP contribution is 2.05. The van der Waals surface area contributed by atoms with Crippen molar-refractivity contribution in [1.82, 2.24) is 10.6 Å². The van der Waals surface area contributed by atoms with Gasteiger partial charge in [0.05, 0.1) is 0 Å². The van der Waals surface area contributed by atoms with E-state index >= 15 is 0 Å². The minimum Gasteiger partial charge on any atom is -0.314 e. The van der Waals surface area contributed by atoms with Gasteiger partial charge in [-0.1, -0.05) is 6.42 Å². The summed E-state index contributed by atoms with van der Waals surface area (Å²) < 4.78 is 0. The first kappa shape index (κ1) is 10.6. The molecule has 1 saturated heterocycles. The normalized spacial score (nSPS) is 22.1. The Labute approximate surface area is 81.5 Å². The van der Waals surface area contributed by atoms with Crippen LogP contribution in [0.1, 0.15) is 32.6 Å². The van der Waals surface area contributed by atoms with Crippen LogP contribution >= 0.6 is 0 Å². The molecular formula is C11H20N2. The van der Waals surface area contributed by atoms with E-state index in [1.54, 1.807) is 0 Å². The molecule has 2 heteroatoms. The van der Waals surface area contributed by atoms with E-state index in [1.165, 1.54) is 25.8 Å². The maximum Gasteiger partial charge on any atom is 0.0214 e. The smallest absolute Gasteiger partial charge is 0.0214 e. The van der Waals surface area contributed by atoms with Crippen LogP contribution in [0.4, 0.5) is 0 Å². The van der Waals surface area contributed by atoms with E-state index in [9.17, 15) is 0 Å². The molecule has 2 N–H and O–H groups in total. The van der Waals surface area contributed by atoms with Crippen LogP contribution in [0.25, 0.3) is 0 Å². The van der Waals surface area contributed by atoms with Crippen LogP contribution in [0.5, 0.6) is 0 Å². The zero-order valence-corrected chi connectivity index (χ0v) is 8.53. The lowest BCUT2D eigenvalue weighted by Crippen LogP contribution is -2.41. The van der Waals surface area contributed by atoms with Gasteiger partial charge in [-0.15, -0.1) is 11.8 Å². The van der Waals surface area contributed by atoms with Gasteiger partial charge in [-0.2, -0.15) is 0 Å². The van der Waals surface area contributed by atoms with E-state index in [0.29, 0.717) is 6.04 Å². The number of rotatable bonds is 4. The molecule has 1 heterocycles. The second-order valence-corrected chi connectivity index (χ2v) is 3.53. The highest BCUT2D eigenvalue weighted by atomic mass is 15.0. The molecular weight excluding hydrogens is 160 g/mol. The van der Waals surface area contributed by atoms with Gasteiger partial charge in [0.15, 0.2) is 0 Å². The maximum atomic E-state index is 3.51. The molecule has 1 aliphatic rings. The van der Waals surface area contributed by atoms with E-state index in [2.05, 4.69) is 22.5 Å². The third-order valence-electron chi connectivity index (χ3n) is 2.41. The summed E-state index contributed by atoms with van der Waals surface area (Å²) in [5.41, 5.74) is 0. The van der Waals surface area contributed by atoms with Crippen LogP contribution in [0.15, 0.2) is 0 Å². The standard InChI is InChI=1S/C11H20N2/c1-2-3-5-8-12-10-11-7-4-6-9-13-11/h11-13H,4-10H2,1H3. The zero-order chi connectivity index (χ0) is 9.36. The lowest BCUT2D eigenvalue weighted by atomic mass is 10.1. The zero-order valence-electron chi connectivity index (χ0n) is 8.53. The monoisotopic (exact) mass is 180 g/mol. The van der Waals surface area contributed by atoms with Crippen LogP contribution in [-0.4, -0.2) is 25.7 Å². The van der Waals surface area contributed by atoms with Crippen molar-refractivity contribution in [1.29, 1.82) is 0 Å². The van der Waals surface area contributed by atoms with Crippen LogP contribution in [0, 0.1) is 11.8 Å². The molecule has 0 amide bonds. The molecule has 0 aromatic carbocycles. The summed E-state index contributed by atoms with van der Waals surface area (Å²) >= 11 is 0. The molecule has 0 aromatic heterocycles. The van der Waals surface area contributed by atoms with Crippen molar-refractivity contribution in [2.45, 2.75) is 38.6 Å². The summed E-state index contributed by atoms with van der Waals surface area (Å²) in [7, 11) is 0. The van der Waals surface area contributed by atoms with E-state index < -0.39 is 0 Å². The first-order valence-electron chi connectivity index (χ1n) is 5.27. The number of hydrogen-bond acceptors (Lipinski definition) is 2. The minimum absolute atomic E-state index is 0.698. The number of piperidine rings is 1. The molecule has 0 saturated carbocycles. The molecule has 0 spiro atoms. The Morgan fingerprint density at radius 2 is 2.38 bits per heavy atom. The maximum absolute atomic E-state index is 3.51. The summed E-state index contributed by atoms with van der Waals surface area (Å²) in [6.07, 6.45) is 5.03. The molecule has 0 aliphatic carbocycles. The quantitative estimate of drug-likeness (QED) is 0.500. The van der Waals surface area contributed by atoms with Crippen LogP contribution in [0.3, 0.4) is 0 Å². The van der Waals surface area contributed by atoms with Crippen molar-refractivity contribution >= 4 is 0 Å². The SMILES string of the molecule is CC#CCCNCC1CCCCN1.